The Morgan fingerprint density at radius 2 is 1.73 bits per heavy atom. The molecular formula is C15H19NO6. The summed E-state index contributed by atoms with van der Waals surface area (Å²) in [7, 11) is 0. The predicted octanol–water partition coefficient (Wildman–Crippen LogP) is 2.18. The van der Waals surface area contributed by atoms with Crippen LogP contribution in [0.2, 0.25) is 0 Å². The molecule has 0 fully saturated rings. The number of ether oxygens (including phenoxy) is 1. The summed E-state index contributed by atoms with van der Waals surface area (Å²) in [4.78, 5) is 33.8. The van der Waals surface area contributed by atoms with Crippen molar-refractivity contribution in [1.29, 1.82) is 0 Å². The molecule has 0 amide bonds. The van der Waals surface area contributed by atoms with Crippen molar-refractivity contribution in [1.82, 2.24) is 0 Å². The fraction of sp³-hybridized carbons (Fsp3) is 0.467. The Bertz CT molecular complexity index is 573. The van der Waals surface area contributed by atoms with Gasteiger partial charge in [0.1, 0.15) is 17.3 Å². The van der Waals surface area contributed by atoms with Crippen molar-refractivity contribution in [2.75, 3.05) is 0 Å². The van der Waals surface area contributed by atoms with E-state index in [0.717, 1.165) is 0 Å². The highest BCUT2D eigenvalue weighted by Gasteiger charge is 2.35. The van der Waals surface area contributed by atoms with E-state index in [1.807, 2.05) is 0 Å². The van der Waals surface area contributed by atoms with Gasteiger partial charge in [0, 0.05) is 12.1 Å². The summed E-state index contributed by atoms with van der Waals surface area (Å²) in [5.41, 5.74) is -0.704. The first-order valence-corrected chi connectivity index (χ1v) is 6.68. The van der Waals surface area contributed by atoms with E-state index in [0.29, 0.717) is 0 Å². The summed E-state index contributed by atoms with van der Waals surface area (Å²) in [6, 6.07) is 5.02. The number of nitro groups is 1. The molecule has 0 saturated heterocycles. The van der Waals surface area contributed by atoms with Gasteiger partial charge in [-0.1, -0.05) is 0 Å². The standard InChI is InChI=1S/C15H19NO6/c1-9(17)12(14(19)22-15(2,3)4)13(18)10-5-7-11(8-6-10)16(20)21/h5-8,12-13,18H,1-4H3. The number of benzene rings is 1. The van der Waals surface area contributed by atoms with Crippen LogP contribution in [-0.2, 0) is 14.3 Å². The third kappa shape index (κ3) is 4.63. The molecule has 0 saturated carbocycles. The summed E-state index contributed by atoms with van der Waals surface area (Å²) in [5, 5.41) is 20.9. The van der Waals surface area contributed by atoms with E-state index in [1.54, 1.807) is 20.8 Å². The summed E-state index contributed by atoms with van der Waals surface area (Å²) < 4.78 is 5.14. The fourth-order valence-corrected chi connectivity index (χ4v) is 1.87. The molecule has 2 atom stereocenters. The first-order valence-electron chi connectivity index (χ1n) is 6.68. The van der Waals surface area contributed by atoms with Crippen molar-refractivity contribution in [2.45, 2.75) is 39.4 Å². The quantitative estimate of drug-likeness (QED) is 0.386. The highest BCUT2D eigenvalue weighted by atomic mass is 16.6. The van der Waals surface area contributed by atoms with E-state index >= 15 is 0 Å². The molecule has 1 rings (SSSR count). The van der Waals surface area contributed by atoms with Crippen molar-refractivity contribution in [3.05, 3.63) is 39.9 Å². The second-order valence-electron chi connectivity index (χ2n) is 5.92. The van der Waals surface area contributed by atoms with Gasteiger partial charge in [-0.05, 0) is 45.4 Å². The van der Waals surface area contributed by atoms with Crippen LogP contribution >= 0.6 is 0 Å². The van der Waals surface area contributed by atoms with Crippen LogP contribution < -0.4 is 0 Å². The molecule has 7 nitrogen and oxygen atoms in total. The summed E-state index contributed by atoms with van der Waals surface area (Å²) in [6.07, 6.45) is -1.42. The Hall–Kier alpha value is -2.28. The van der Waals surface area contributed by atoms with Crippen molar-refractivity contribution in [3.8, 4) is 0 Å². The molecule has 1 aromatic carbocycles. The van der Waals surface area contributed by atoms with Crippen LogP contribution in [0.1, 0.15) is 39.4 Å². The van der Waals surface area contributed by atoms with Gasteiger partial charge in [0.2, 0.25) is 0 Å². The van der Waals surface area contributed by atoms with E-state index < -0.39 is 34.3 Å². The second kappa shape index (κ2) is 6.65. The van der Waals surface area contributed by atoms with Gasteiger partial charge in [-0.25, -0.2) is 0 Å². The van der Waals surface area contributed by atoms with Crippen LogP contribution in [0.25, 0.3) is 0 Å². The first-order chi connectivity index (χ1) is 10.0. The Labute approximate surface area is 128 Å². The Morgan fingerprint density at radius 1 is 1.23 bits per heavy atom. The third-order valence-corrected chi connectivity index (χ3v) is 2.86. The van der Waals surface area contributed by atoms with E-state index in [4.69, 9.17) is 4.74 Å². The monoisotopic (exact) mass is 309 g/mol. The van der Waals surface area contributed by atoms with Crippen molar-refractivity contribution in [2.24, 2.45) is 5.92 Å². The van der Waals surface area contributed by atoms with Crippen molar-refractivity contribution >= 4 is 17.4 Å². The van der Waals surface area contributed by atoms with Crippen LogP contribution in [0.4, 0.5) is 5.69 Å². The first kappa shape index (κ1) is 17.8. The maximum absolute atomic E-state index is 12.1. The topological polar surface area (TPSA) is 107 Å². The predicted molar refractivity (Wildman–Crippen MR) is 78.1 cm³/mol. The molecule has 0 radical (unpaired) electrons. The number of rotatable bonds is 5. The molecule has 0 aliphatic carbocycles. The minimum Gasteiger partial charge on any atom is -0.459 e. The Morgan fingerprint density at radius 3 is 2.09 bits per heavy atom. The van der Waals surface area contributed by atoms with E-state index in [1.165, 1.54) is 31.2 Å². The lowest BCUT2D eigenvalue weighted by molar-refractivity contribution is -0.384. The molecule has 0 spiro atoms. The number of esters is 1. The van der Waals surface area contributed by atoms with Gasteiger partial charge in [0.15, 0.2) is 0 Å². The Balaban J connectivity index is 3.03. The SMILES string of the molecule is CC(=O)C(C(=O)OC(C)(C)C)C(O)c1ccc([N+](=O)[O-])cc1. The maximum atomic E-state index is 12.1. The normalized spacial score (nSPS) is 14.0. The zero-order valence-corrected chi connectivity index (χ0v) is 12.9. The molecule has 0 aromatic heterocycles. The molecule has 120 valence electrons. The molecule has 1 N–H and O–H groups in total. The van der Waals surface area contributed by atoms with Crippen molar-refractivity contribution < 1.29 is 24.4 Å². The number of aliphatic hydroxyl groups is 1. The smallest absolute Gasteiger partial charge is 0.320 e. The van der Waals surface area contributed by atoms with Gasteiger partial charge in [0.25, 0.3) is 5.69 Å². The number of hydrogen-bond donors (Lipinski definition) is 1. The summed E-state index contributed by atoms with van der Waals surface area (Å²) >= 11 is 0. The molecule has 22 heavy (non-hydrogen) atoms. The van der Waals surface area contributed by atoms with E-state index in [2.05, 4.69) is 0 Å². The van der Waals surface area contributed by atoms with Gasteiger partial charge in [-0.2, -0.15) is 0 Å². The van der Waals surface area contributed by atoms with Crippen LogP contribution in [-0.4, -0.2) is 27.4 Å². The largest absolute Gasteiger partial charge is 0.459 e. The lowest BCUT2D eigenvalue weighted by Gasteiger charge is -2.25. The van der Waals surface area contributed by atoms with Crippen molar-refractivity contribution in [3.63, 3.8) is 0 Å². The van der Waals surface area contributed by atoms with Crippen LogP contribution in [0, 0.1) is 16.0 Å². The van der Waals surface area contributed by atoms with Gasteiger partial charge >= 0.3 is 5.97 Å². The number of Topliss-reactive ketones (excluding diaryl/α,β-unsaturated/α-hetero) is 1. The summed E-state index contributed by atoms with van der Waals surface area (Å²) in [6.45, 7) is 6.14. The van der Waals surface area contributed by atoms with Crippen LogP contribution in [0.15, 0.2) is 24.3 Å². The molecule has 1 aromatic rings. The lowest BCUT2D eigenvalue weighted by atomic mass is 9.92. The van der Waals surface area contributed by atoms with Gasteiger partial charge < -0.3 is 9.84 Å². The number of nitrogens with zero attached hydrogens (tertiary/aromatic N) is 1. The molecular weight excluding hydrogens is 290 g/mol. The highest BCUT2D eigenvalue weighted by Crippen LogP contribution is 2.27. The second-order valence-corrected chi connectivity index (χ2v) is 5.92. The number of ketones is 1. The summed E-state index contributed by atoms with van der Waals surface area (Å²) in [5.74, 6) is -2.74. The molecule has 2 unspecified atom stereocenters. The van der Waals surface area contributed by atoms with Gasteiger partial charge in [-0.15, -0.1) is 0 Å². The maximum Gasteiger partial charge on any atom is 0.320 e. The van der Waals surface area contributed by atoms with E-state index in [9.17, 15) is 24.8 Å². The number of nitro benzene ring substituents is 1. The number of carbonyl (C=O) groups excluding carboxylic acids is 2. The molecule has 7 heteroatoms. The number of hydrogen-bond acceptors (Lipinski definition) is 6. The number of carbonyl (C=O) groups is 2. The lowest BCUT2D eigenvalue weighted by Crippen LogP contribution is -2.35. The minimum absolute atomic E-state index is 0.146. The zero-order chi connectivity index (χ0) is 17.1. The Kier molecular flexibility index (Phi) is 5.38. The average Bonchev–Trinajstić information content (AvgIpc) is 2.36. The van der Waals surface area contributed by atoms with Gasteiger partial charge in [0.05, 0.1) is 11.0 Å². The fourth-order valence-electron chi connectivity index (χ4n) is 1.87. The highest BCUT2D eigenvalue weighted by molar-refractivity contribution is 5.98. The minimum atomic E-state index is -1.42. The molecule has 0 bridgehead atoms. The average molecular weight is 309 g/mol. The number of non-ortho nitro benzene ring substituents is 1. The van der Waals surface area contributed by atoms with Crippen LogP contribution in [0.3, 0.4) is 0 Å². The van der Waals surface area contributed by atoms with Gasteiger partial charge in [-0.3, -0.25) is 19.7 Å². The molecule has 0 aliphatic rings. The third-order valence-electron chi connectivity index (χ3n) is 2.86. The van der Waals surface area contributed by atoms with Crippen LogP contribution in [0.5, 0.6) is 0 Å². The van der Waals surface area contributed by atoms with E-state index in [-0.39, 0.29) is 11.3 Å². The number of aliphatic hydroxyl groups excluding tert-OH is 1. The molecule has 0 aliphatic heterocycles. The molecule has 0 heterocycles. The zero-order valence-electron chi connectivity index (χ0n) is 12.9.